The summed E-state index contributed by atoms with van der Waals surface area (Å²) >= 11 is 0. The SMILES string of the molecule is CCOC(=O)NC1CC(CC(=O)OC)CN(CCO)C1. The van der Waals surface area contributed by atoms with E-state index in [0.29, 0.717) is 32.5 Å². The highest BCUT2D eigenvalue weighted by atomic mass is 16.5. The Kier molecular flexibility index (Phi) is 7.32. The van der Waals surface area contributed by atoms with E-state index < -0.39 is 6.09 Å². The summed E-state index contributed by atoms with van der Waals surface area (Å²) in [5, 5.41) is 11.8. The van der Waals surface area contributed by atoms with Crippen molar-refractivity contribution in [3.63, 3.8) is 0 Å². The van der Waals surface area contributed by atoms with Crippen LogP contribution in [0.3, 0.4) is 0 Å². The summed E-state index contributed by atoms with van der Waals surface area (Å²) in [5.74, 6) is -0.148. The third kappa shape index (κ3) is 5.75. The molecule has 0 bridgehead atoms. The van der Waals surface area contributed by atoms with Crippen molar-refractivity contribution < 1.29 is 24.2 Å². The number of likely N-dealkylation sites (tertiary alicyclic amines) is 1. The van der Waals surface area contributed by atoms with Gasteiger partial charge in [0.2, 0.25) is 0 Å². The third-order valence-corrected chi connectivity index (χ3v) is 3.31. The smallest absolute Gasteiger partial charge is 0.407 e. The number of aliphatic hydroxyl groups excluding tert-OH is 1. The highest BCUT2D eigenvalue weighted by molar-refractivity contribution is 5.69. The van der Waals surface area contributed by atoms with Gasteiger partial charge in [-0.1, -0.05) is 0 Å². The molecule has 1 fully saturated rings. The molecule has 1 rings (SSSR count). The molecule has 0 saturated carbocycles. The Morgan fingerprint density at radius 2 is 2.15 bits per heavy atom. The number of carbonyl (C=O) groups is 2. The summed E-state index contributed by atoms with van der Waals surface area (Å²) in [7, 11) is 1.37. The molecule has 0 spiro atoms. The van der Waals surface area contributed by atoms with Crippen LogP contribution in [0.15, 0.2) is 0 Å². The molecule has 0 aromatic heterocycles. The van der Waals surface area contributed by atoms with Crippen molar-refractivity contribution in [3.05, 3.63) is 0 Å². The van der Waals surface area contributed by atoms with Gasteiger partial charge in [-0.2, -0.15) is 0 Å². The van der Waals surface area contributed by atoms with Crippen LogP contribution in [0, 0.1) is 5.92 Å². The van der Waals surface area contributed by atoms with Gasteiger partial charge in [0.25, 0.3) is 0 Å². The van der Waals surface area contributed by atoms with Crippen LogP contribution in [0.2, 0.25) is 0 Å². The predicted octanol–water partition coefficient (Wildman–Crippen LogP) is -0.0216. The van der Waals surface area contributed by atoms with Crippen molar-refractivity contribution in [1.29, 1.82) is 0 Å². The number of esters is 1. The Morgan fingerprint density at radius 1 is 1.40 bits per heavy atom. The number of aliphatic hydroxyl groups is 1. The highest BCUT2D eigenvalue weighted by Gasteiger charge is 2.29. The highest BCUT2D eigenvalue weighted by Crippen LogP contribution is 2.20. The van der Waals surface area contributed by atoms with Gasteiger partial charge in [0.1, 0.15) is 0 Å². The van der Waals surface area contributed by atoms with Gasteiger partial charge >= 0.3 is 12.1 Å². The number of amides is 1. The summed E-state index contributed by atoms with van der Waals surface area (Å²) < 4.78 is 9.55. The van der Waals surface area contributed by atoms with Crippen LogP contribution in [0.4, 0.5) is 4.79 Å². The van der Waals surface area contributed by atoms with E-state index in [1.54, 1.807) is 6.92 Å². The van der Waals surface area contributed by atoms with Crippen molar-refractivity contribution in [2.24, 2.45) is 5.92 Å². The second-order valence-corrected chi connectivity index (χ2v) is 4.93. The number of hydrogen-bond acceptors (Lipinski definition) is 6. The first-order valence-electron chi connectivity index (χ1n) is 6.92. The lowest BCUT2D eigenvalue weighted by molar-refractivity contribution is -0.142. The number of β-amino-alcohol motifs (C(OH)–C–C–N with tert-alkyl or cyclic N) is 1. The molecular weight excluding hydrogens is 264 g/mol. The maximum Gasteiger partial charge on any atom is 0.407 e. The zero-order valence-corrected chi connectivity index (χ0v) is 12.1. The Bertz CT molecular complexity index is 324. The summed E-state index contributed by atoms with van der Waals surface area (Å²) in [6.07, 6.45) is 0.579. The van der Waals surface area contributed by atoms with Gasteiger partial charge in [-0.15, -0.1) is 0 Å². The van der Waals surface area contributed by atoms with Crippen LogP contribution in [0.25, 0.3) is 0 Å². The predicted molar refractivity (Wildman–Crippen MR) is 72.2 cm³/mol. The molecule has 1 aliphatic heterocycles. The molecule has 2 N–H and O–H groups in total. The van der Waals surface area contributed by atoms with E-state index >= 15 is 0 Å². The van der Waals surface area contributed by atoms with Crippen molar-refractivity contribution in [2.75, 3.05) is 40.0 Å². The first-order valence-corrected chi connectivity index (χ1v) is 6.92. The van der Waals surface area contributed by atoms with Crippen molar-refractivity contribution in [3.8, 4) is 0 Å². The first kappa shape index (κ1) is 16.7. The second kappa shape index (κ2) is 8.76. The standard InChI is InChI=1S/C13H24N2O5/c1-3-20-13(18)14-11-6-10(7-12(17)19-2)8-15(9-11)4-5-16/h10-11,16H,3-9H2,1-2H3,(H,14,18). The van der Waals surface area contributed by atoms with Crippen LogP contribution >= 0.6 is 0 Å². The normalized spacial score (nSPS) is 23.1. The Balaban J connectivity index is 2.55. The minimum Gasteiger partial charge on any atom is -0.469 e. The monoisotopic (exact) mass is 288 g/mol. The number of piperidine rings is 1. The molecule has 20 heavy (non-hydrogen) atoms. The molecule has 2 unspecified atom stereocenters. The van der Waals surface area contributed by atoms with Crippen LogP contribution in [0.1, 0.15) is 19.8 Å². The van der Waals surface area contributed by atoms with Gasteiger partial charge in [0.15, 0.2) is 0 Å². The number of ether oxygens (including phenoxy) is 2. The zero-order chi connectivity index (χ0) is 15.0. The molecule has 0 aromatic rings. The Hall–Kier alpha value is -1.34. The number of rotatable bonds is 6. The average molecular weight is 288 g/mol. The lowest BCUT2D eigenvalue weighted by Gasteiger charge is -2.37. The van der Waals surface area contributed by atoms with Crippen molar-refractivity contribution in [1.82, 2.24) is 10.2 Å². The van der Waals surface area contributed by atoms with E-state index in [9.17, 15) is 9.59 Å². The van der Waals surface area contributed by atoms with Crippen molar-refractivity contribution >= 4 is 12.1 Å². The molecule has 116 valence electrons. The lowest BCUT2D eigenvalue weighted by atomic mass is 9.91. The summed E-state index contributed by atoms with van der Waals surface area (Å²) in [6, 6.07) is -0.0796. The molecule has 1 heterocycles. The fourth-order valence-electron chi connectivity index (χ4n) is 2.54. The maximum absolute atomic E-state index is 11.5. The number of nitrogens with zero attached hydrogens (tertiary/aromatic N) is 1. The summed E-state index contributed by atoms with van der Waals surface area (Å²) in [6.45, 7) is 4.02. The number of nitrogens with one attached hydrogen (secondary N) is 1. The largest absolute Gasteiger partial charge is 0.469 e. The van der Waals surface area contributed by atoms with Gasteiger partial charge in [0.05, 0.1) is 20.3 Å². The molecule has 2 atom stereocenters. The van der Waals surface area contributed by atoms with Gasteiger partial charge in [-0.05, 0) is 19.3 Å². The van der Waals surface area contributed by atoms with Crippen LogP contribution in [-0.2, 0) is 14.3 Å². The molecule has 0 aromatic carbocycles. The van der Waals surface area contributed by atoms with Gasteiger partial charge in [-0.25, -0.2) is 4.79 Å². The lowest BCUT2D eigenvalue weighted by Crippen LogP contribution is -2.51. The quantitative estimate of drug-likeness (QED) is 0.668. The molecular formula is C13H24N2O5. The third-order valence-electron chi connectivity index (χ3n) is 3.31. The van der Waals surface area contributed by atoms with E-state index in [1.165, 1.54) is 7.11 Å². The van der Waals surface area contributed by atoms with Crippen LogP contribution in [0.5, 0.6) is 0 Å². The Morgan fingerprint density at radius 3 is 2.75 bits per heavy atom. The molecule has 1 saturated heterocycles. The molecule has 0 aliphatic carbocycles. The number of methoxy groups -OCH3 is 1. The number of hydrogen-bond donors (Lipinski definition) is 2. The second-order valence-electron chi connectivity index (χ2n) is 4.93. The van der Waals surface area contributed by atoms with Crippen LogP contribution in [-0.4, -0.2) is 68.1 Å². The van der Waals surface area contributed by atoms with Gasteiger partial charge < -0.3 is 19.9 Å². The fourth-order valence-corrected chi connectivity index (χ4v) is 2.54. The van der Waals surface area contributed by atoms with E-state index in [0.717, 1.165) is 6.54 Å². The molecule has 1 amide bonds. The summed E-state index contributed by atoms with van der Waals surface area (Å²) in [4.78, 5) is 24.9. The van der Waals surface area contributed by atoms with E-state index in [2.05, 4.69) is 10.1 Å². The molecule has 0 radical (unpaired) electrons. The minimum absolute atomic E-state index is 0.0526. The number of alkyl carbamates (subject to hydrolysis) is 1. The molecule has 1 aliphatic rings. The van der Waals surface area contributed by atoms with Crippen molar-refractivity contribution in [2.45, 2.75) is 25.8 Å². The van der Waals surface area contributed by atoms with E-state index in [1.807, 2.05) is 4.90 Å². The Labute approximate surface area is 119 Å². The minimum atomic E-state index is -0.444. The zero-order valence-electron chi connectivity index (χ0n) is 12.1. The summed E-state index contributed by atoms with van der Waals surface area (Å²) in [5.41, 5.74) is 0. The van der Waals surface area contributed by atoms with Gasteiger partial charge in [-0.3, -0.25) is 9.69 Å². The average Bonchev–Trinajstić information content (AvgIpc) is 2.38. The maximum atomic E-state index is 11.5. The van der Waals surface area contributed by atoms with Gasteiger partial charge in [0, 0.05) is 32.1 Å². The fraction of sp³-hybridized carbons (Fsp3) is 0.846. The first-order chi connectivity index (χ1) is 9.58. The number of carbonyl (C=O) groups excluding carboxylic acids is 2. The molecule has 7 nitrogen and oxygen atoms in total. The van der Waals surface area contributed by atoms with E-state index in [4.69, 9.17) is 9.84 Å². The molecule has 7 heteroatoms. The van der Waals surface area contributed by atoms with Crippen LogP contribution < -0.4 is 5.32 Å². The topological polar surface area (TPSA) is 88.1 Å². The van der Waals surface area contributed by atoms with E-state index in [-0.39, 0.29) is 24.5 Å².